The number of hydrogen-bond donors (Lipinski definition) is 2. The summed E-state index contributed by atoms with van der Waals surface area (Å²) in [6, 6.07) is 0. The van der Waals surface area contributed by atoms with Gasteiger partial charge in [0.2, 0.25) is 0 Å². The van der Waals surface area contributed by atoms with Crippen molar-refractivity contribution in [2.75, 3.05) is 0 Å². The average molecular weight is 170 g/mol. The highest BCUT2D eigenvalue weighted by Gasteiger charge is 2.65. The van der Waals surface area contributed by atoms with Crippen LogP contribution in [-0.4, -0.2) is 28.2 Å². The summed E-state index contributed by atoms with van der Waals surface area (Å²) in [5.41, 5.74) is -0.682. The molecule has 1 saturated heterocycles. The Labute approximate surface area is 71.3 Å². The van der Waals surface area contributed by atoms with Crippen LogP contribution in [0.4, 0.5) is 0 Å². The van der Waals surface area contributed by atoms with E-state index in [1.807, 2.05) is 6.92 Å². The lowest BCUT2D eigenvalue weighted by Gasteiger charge is -2.32. The van der Waals surface area contributed by atoms with Crippen LogP contribution in [0.5, 0.6) is 0 Å². The van der Waals surface area contributed by atoms with Crippen molar-refractivity contribution in [1.29, 1.82) is 0 Å². The lowest BCUT2D eigenvalue weighted by Crippen LogP contribution is -2.43. The highest BCUT2D eigenvalue weighted by molar-refractivity contribution is 5.12. The van der Waals surface area contributed by atoms with E-state index in [0.29, 0.717) is 17.8 Å². The minimum absolute atomic E-state index is 0.101. The van der Waals surface area contributed by atoms with Crippen molar-refractivity contribution in [2.45, 2.75) is 37.8 Å². The Hall–Kier alpha value is -0.120. The van der Waals surface area contributed by atoms with Crippen LogP contribution in [0.1, 0.15) is 19.8 Å². The van der Waals surface area contributed by atoms with E-state index in [0.717, 1.165) is 12.8 Å². The molecule has 0 aromatic heterocycles. The van der Waals surface area contributed by atoms with Gasteiger partial charge < -0.3 is 14.9 Å². The van der Waals surface area contributed by atoms with Gasteiger partial charge in [-0.25, -0.2) is 0 Å². The van der Waals surface area contributed by atoms with E-state index < -0.39 is 11.9 Å². The van der Waals surface area contributed by atoms with Gasteiger partial charge in [0.25, 0.3) is 0 Å². The van der Waals surface area contributed by atoms with Crippen LogP contribution in [0, 0.1) is 17.8 Å². The van der Waals surface area contributed by atoms with Crippen LogP contribution < -0.4 is 0 Å². The fraction of sp³-hybridized carbons (Fsp3) is 1.00. The molecule has 2 saturated carbocycles. The molecule has 0 aromatic carbocycles. The highest BCUT2D eigenvalue weighted by atomic mass is 16.6. The second-order valence-corrected chi connectivity index (χ2v) is 4.67. The summed E-state index contributed by atoms with van der Waals surface area (Å²) in [6.45, 7) is 1.84. The minimum Gasteiger partial charge on any atom is -0.387 e. The number of aliphatic hydroxyl groups is 2. The van der Waals surface area contributed by atoms with Gasteiger partial charge >= 0.3 is 0 Å². The van der Waals surface area contributed by atoms with E-state index in [4.69, 9.17) is 4.74 Å². The summed E-state index contributed by atoms with van der Waals surface area (Å²) in [7, 11) is 0. The zero-order valence-corrected chi connectivity index (χ0v) is 7.10. The summed E-state index contributed by atoms with van der Waals surface area (Å²) < 4.78 is 5.36. The Kier molecular flexibility index (Phi) is 1.13. The number of hydrogen-bond acceptors (Lipinski definition) is 3. The molecule has 3 fully saturated rings. The smallest absolute Gasteiger partial charge is 0.158 e. The molecule has 5 unspecified atom stereocenters. The topological polar surface area (TPSA) is 49.7 Å². The Bertz CT molecular complexity index is 226. The first kappa shape index (κ1) is 7.30. The third-order valence-corrected chi connectivity index (χ3v) is 4.11. The molecule has 0 spiro atoms. The molecule has 3 aliphatic rings. The number of fused-ring (bicyclic) bond motifs is 1. The molecule has 2 aliphatic carbocycles. The van der Waals surface area contributed by atoms with Crippen molar-refractivity contribution in [1.82, 2.24) is 0 Å². The summed E-state index contributed by atoms with van der Waals surface area (Å²) in [5, 5.41) is 19.5. The Balaban J connectivity index is 2.02. The van der Waals surface area contributed by atoms with Gasteiger partial charge in [-0.1, -0.05) is 0 Å². The van der Waals surface area contributed by atoms with Crippen LogP contribution in [-0.2, 0) is 4.74 Å². The maximum absolute atomic E-state index is 10.1. The van der Waals surface area contributed by atoms with E-state index in [-0.39, 0.29) is 6.10 Å². The second kappa shape index (κ2) is 1.86. The Morgan fingerprint density at radius 3 is 2.58 bits per heavy atom. The fourth-order valence-corrected chi connectivity index (χ4v) is 3.41. The van der Waals surface area contributed by atoms with Crippen LogP contribution >= 0.6 is 0 Å². The largest absolute Gasteiger partial charge is 0.387 e. The van der Waals surface area contributed by atoms with Crippen molar-refractivity contribution in [3.63, 3.8) is 0 Å². The Morgan fingerprint density at radius 1 is 1.33 bits per heavy atom. The molecule has 3 heteroatoms. The first-order chi connectivity index (χ1) is 5.60. The molecule has 2 N–H and O–H groups in total. The van der Waals surface area contributed by atoms with Gasteiger partial charge in [0.15, 0.2) is 6.29 Å². The second-order valence-electron chi connectivity index (χ2n) is 4.67. The maximum Gasteiger partial charge on any atom is 0.158 e. The van der Waals surface area contributed by atoms with E-state index in [2.05, 4.69) is 0 Å². The van der Waals surface area contributed by atoms with Crippen molar-refractivity contribution < 1.29 is 14.9 Å². The van der Waals surface area contributed by atoms with Gasteiger partial charge in [-0.3, -0.25) is 0 Å². The quantitative estimate of drug-likeness (QED) is 0.542. The molecule has 0 aromatic rings. The minimum atomic E-state index is -0.682. The third kappa shape index (κ3) is 0.605. The molecule has 6 atom stereocenters. The molecule has 12 heavy (non-hydrogen) atoms. The first-order valence-electron chi connectivity index (χ1n) is 4.66. The van der Waals surface area contributed by atoms with Crippen LogP contribution in [0.2, 0.25) is 0 Å². The van der Waals surface area contributed by atoms with Crippen LogP contribution in [0.25, 0.3) is 0 Å². The zero-order valence-electron chi connectivity index (χ0n) is 7.10. The molecule has 3 nitrogen and oxygen atoms in total. The van der Waals surface area contributed by atoms with Gasteiger partial charge in [0.05, 0.1) is 11.7 Å². The number of ether oxygens (including phenoxy) is 1. The van der Waals surface area contributed by atoms with Gasteiger partial charge in [-0.05, 0) is 31.6 Å². The van der Waals surface area contributed by atoms with E-state index in [1.54, 1.807) is 0 Å². The predicted octanol–water partition coefficient (Wildman–Crippen LogP) is 0.111. The molecular weight excluding hydrogens is 156 g/mol. The molecule has 68 valence electrons. The number of aliphatic hydroxyl groups excluding tert-OH is 1. The fourth-order valence-electron chi connectivity index (χ4n) is 3.41. The van der Waals surface area contributed by atoms with Gasteiger partial charge in [0.1, 0.15) is 0 Å². The monoisotopic (exact) mass is 170 g/mol. The Morgan fingerprint density at radius 2 is 2.00 bits per heavy atom. The third-order valence-electron chi connectivity index (χ3n) is 4.11. The summed E-state index contributed by atoms with van der Waals surface area (Å²) in [4.78, 5) is 0. The van der Waals surface area contributed by atoms with Crippen LogP contribution in [0.3, 0.4) is 0 Å². The highest BCUT2D eigenvalue weighted by Crippen LogP contribution is 2.60. The van der Waals surface area contributed by atoms with Gasteiger partial charge in [-0.15, -0.1) is 0 Å². The van der Waals surface area contributed by atoms with Crippen molar-refractivity contribution in [2.24, 2.45) is 17.8 Å². The molecule has 2 bridgehead atoms. The first-order valence-corrected chi connectivity index (χ1v) is 4.66. The van der Waals surface area contributed by atoms with Crippen molar-refractivity contribution in [3.8, 4) is 0 Å². The molecule has 3 rings (SSSR count). The predicted molar refractivity (Wildman–Crippen MR) is 41.2 cm³/mol. The maximum atomic E-state index is 10.1. The number of rotatable bonds is 0. The molecule has 1 aliphatic heterocycles. The van der Waals surface area contributed by atoms with Gasteiger partial charge in [0, 0.05) is 5.92 Å². The lowest BCUT2D eigenvalue weighted by molar-refractivity contribution is -0.148. The van der Waals surface area contributed by atoms with Crippen LogP contribution in [0.15, 0.2) is 0 Å². The zero-order chi connectivity index (χ0) is 8.51. The SMILES string of the molecule is CC1(O)C2CC3C(O)O[C@@H]1C3C2. The van der Waals surface area contributed by atoms with Crippen molar-refractivity contribution >= 4 is 0 Å². The molecule has 0 radical (unpaired) electrons. The summed E-state index contributed by atoms with van der Waals surface area (Å²) in [6.07, 6.45) is 1.27. The standard InChI is InChI=1S/C9H14O3/c1-9(11)4-2-5-6(3-4)8(10)12-7(5)9/h4-8,10-11H,2-3H2,1H3/t4?,5?,6?,7-,8?,9?/m1/s1. The molecular formula is C9H14O3. The van der Waals surface area contributed by atoms with E-state index in [9.17, 15) is 10.2 Å². The summed E-state index contributed by atoms with van der Waals surface area (Å²) >= 11 is 0. The average Bonchev–Trinajstić information content (AvgIpc) is 2.53. The summed E-state index contributed by atoms with van der Waals surface area (Å²) in [5.74, 6) is 1.08. The van der Waals surface area contributed by atoms with E-state index >= 15 is 0 Å². The van der Waals surface area contributed by atoms with Crippen molar-refractivity contribution in [3.05, 3.63) is 0 Å². The normalized spacial score (nSPS) is 67.8. The van der Waals surface area contributed by atoms with Gasteiger partial charge in [-0.2, -0.15) is 0 Å². The molecule has 0 amide bonds. The molecule has 1 heterocycles. The lowest BCUT2D eigenvalue weighted by atomic mass is 9.80. The van der Waals surface area contributed by atoms with E-state index in [1.165, 1.54) is 0 Å².